The van der Waals surface area contributed by atoms with Crippen LogP contribution in [0.15, 0.2) is 22.7 Å². The average molecular weight is 255 g/mol. The molecule has 2 N–H and O–H groups in total. The average Bonchev–Trinajstić information content (AvgIpc) is 2.46. The Morgan fingerprint density at radius 2 is 2.36 bits per heavy atom. The largest absolute Gasteiger partial charge is 0.374 e. The van der Waals surface area contributed by atoms with Crippen LogP contribution in [0.2, 0.25) is 0 Å². The van der Waals surface area contributed by atoms with Crippen LogP contribution in [0.3, 0.4) is 0 Å². The van der Waals surface area contributed by atoms with Gasteiger partial charge in [-0.05, 0) is 30.7 Å². The van der Waals surface area contributed by atoms with E-state index in [1.165, 1.54) is 15.7 Å². The van der Waals surface area contributed by atoms with Gasteiger partial charge >= 0.3 is 0 Å². The fourth-order valence-corrected chi connectivity index (χ4v) is 2.90. The molecule has 1 aromatic carbocycles. The number of anilines is 1. The van der Waals surface area contributed by atoms with E-state index in [4.69, 9.17) is 5.73 Å². The van der Waals surface area contributed by atoms with Crippen molar-refractivity contribution in [2.24, 2.45) is 5.73 Å². The first-order valence-electron chi connectivity index (χ1n) is 4.93. The molecule has 1 atom stereocenters. The van der Waals surface area contributed by atoms with Gasteiger partial charge in [-0.15, -0.1) is 0 Å². The zero-order chi connectivity index (χ0) is 10.1. The summed E-state index contributed by atoms with van der Waals surface area (Å²) in [5.74, 6) is 0.593. The normalized spacial score (nSPS) is 19.9. The molecule has 3 heteroatoms. The summed E-state index contributed by atoms with van der Waals surface area (Å²) in [6.07, 6.45) is 1.07. The minimum Gasteiger partial charge on any atom is -0.374 e. The number of nitrogens with two attached hydrogens (primary N) is 1. The minimum atomic E-state index is 0.593. The number of hydrogen-bond donors (Lipinski definition) is 1. The summed E-state index contributed by atoms with van der Waals surface area (Å²) >= 11 is 3.62. The lowest BCUT2D eigenvalue weighted by molar-refractivity contribution is 0.660. The van der Waals surface area contributed by atoms with Gasteiger partial charge in [0.25, 0.3) is 0 Å². The molecule has 0 bridgehead atoms. The smallest absolute Gasteiger partial charge is 0.0411 e. The third kappa shape index (κ3) is 1.55. The van der Waals surface area contributed by atoms with Crippen molar-refractivity contribution in [1.29, 1.82) is 0 Å². The molecule has 2 rings (SSSR count). The maximum absolute atomic E-state index is 5.63. The predicted molar refractivity (Wildman–Crippen MR) is 63.8 cm³/mol. The Morgan fingerprint density at radius 3 is 3.07 bits per heavy atom. The van der Waals surface area contributed by atoms with E-state index in [1.807, 2.05) is 0 Å². The van der Waals surface area contributed by atoms with E-state index >= 15 is 0 Å². The van der Waals surface area contributed by atoms with E-state index < -0.39 is 0 Å². The second-order valence-electron chi connectivity index (χ2n) is 3.83. The summed E-state index contributed by atoms with van der Waals surface area (Å²) in [6, 6.07) is 6.38. The molecule has 0 saturated carbocycles. The zero-order valence-corrected chi connectivity index (χ0v) is 9.92. The molecule has 0 spiro atoms. The number of fused-ring (bicyclic) bond motifs is 1. The Labute approximate surface area is 93.2 Å². The van der Waals surface area contributed by atoms with Gasteiger partial charge in [-0.25, -0.2) is 0 Å². The van der Waals surface area contributed by atoms with Gasteiger partial charge < -0.3 is 10.6 Å². The van der Waals surface area contributed by atoms with Crippen molar-refractivity contribution in [1.82, 2.24) is 0 Å². The maximum atomic E-state index is 5.63. The van der Waals surface area contributed by atoms with Gasteiger partial charge in [0, 0.05) is 29.7 Å². The molecule has 1 unspecified atom stereocenters. The van der Waals surface area contributed by atoms with Crippen molar-refractivity contribution in [2.45, 2.75) is 12.3 Å². The van der Waals surface area contributed by atoms with Gasteiger partial charge in [0.2, 0.25) is 0 Å². The first kappa shape index (κ1) is 9.99. The summed E-state index contributed by atoms with van der Waals surface area (Å²) in [7, 11) is 2.14. The molecule has 76 valence electrons. The Hall–Kier alpha value is -0.540. The quantitative estimate of drug-likeness (QED) is 0.878. The third-order valence-electron chi connectivity index (χ3n) is 2.86. The topological polar surface area (TPSA) is 29.3 Å². The lowest BCUT2D eigenvalue weighted by Crippen LogP contribution is -2.17. The van der Waals surface area contributed by atoms with Crippen LogP contribution in [0.4, 0.5) is 5.69 Å². The highest BCUT2D eigenvalue weighted by atomic mass is 79.9. The van der Waals surface area contributed by atoms with Gasteiger partial charge in [0.05, 0.1) is 0 Å². The lowest BCUT2D eigenvalue weighted by atomic mass is 9.98. The highest BCUT2D eigenvalue weighted by molar-refractivity contribution is 9.10. The first-order valence-corrected chi connectivity index (χ1v) is 5.73. The lowest BCUT2D eigenvalue weighted by Gasteiger charge is -2.11. The Balaban J connectivity index is 2.40. The number of hydrogen-bond acceptors (Lipinski definition) is 2. The molecule has 2 nitrogen and oxygen atoms in total. The van der Waals surface area contributed by atoms with Crippen molar-refractivity contribution in [3.8, 4) is 0 Å². The molecule has 0 amide bonds. The van der Waals surface area contributed by atoms with Crippen LogP contribution >= 0.6 is 15.9 Å². The van der Waals surface area contributed by atoms with Crippen LogP contribution in [0.25, 0.3) is 0 Å². The fraction of sp³-hybridized carbons (Fsp3) is 0.455. The van der Waals surface area contributed by atoms with Crippen LogP contribution < -0.4 is 10.6 Å². The molecule has 0 fully saturated rings. The Morgan fingerprint density at radius 1 is 1.57 bits per heavy atom. The molecule has 14 heavy (non-hydrogen) atoms. The van der Waals surface area contributed by atoms with Crippen molar-refractivity contribution < 1.29 is 0 Å². The van der Waals surface area contributed by atoms with Crippen molar-refractivity contribution in [3.63, 3.8) is 0 Å². The SMILES string of the molecule is CN1CC(CCN)c2c(Br)cccc21. The van der Waals surface area contributed by atoms with E-state index in [0.717, 1.165) is 19.5 Å². The van der Waals surface area contributed by atoms with Crippen molar-refractivity contribution in [3.05, 3.63) is 28.2 Å². The molecular formula is C11H15BrN2. The number of nitrogens with zero attached hydrogens (tertiary/aromatic N) is 1. The van der Waals surface area contributed by atoms with Crippen LogP contribution in [0.5, 0.6) is 0 Å². The molecule has 0 radical (unpaired) electrons. The zero-order valence-electron chi connectivity index (χ0n) is 8.33. The number of likely N-dealkylation sites (N-methyl/N-ethyl adjacent to an activating group) is 1. The molecule has 1 aliphatic rings. The van der Waals surface area contributed by atoms with E-state index in [0.29, 0.717) is 5.92 Å². The van der Waals surface area contributed by atoms with Crippen LogP contribution in [-0.4, -0.2) is 20.1 Å². The predicted octanol–water partition coefficient (Wildman–Crippen LogP) is 2.33. The van der Waals surface area contributed by atoms with E-state index in [-0.39, 0.29) is 0 Å². The number of benzene rings is 1. The van der Waals surface area contributed by atoms with Gasteiger partial charge in [-0.2, -0.15) is 0 Å². The van der Waals surface area contributed by atoms with Gasteiger partial charge in [-0.1, -0.05) is 22.0 Å². The summed E-state index contributed by atoms with van der Waals surface area (Å²) in [5.41, 5.74) is 8.40. The molecular weight excluding hydrogens is 240 g/mol. The minimum absolute atomic E-state index is 0.593. The summed E-state index contributed by atoms with van der Waals surface area (Å²) in [6.45, 7) is 1.86. The third-order valence-corrected chi connectivity index (χ3v) is 3.55. The van der Waals surface area contributed by atoms with Crippen molar-refractivity contribution >= 4 is 21.6 Å². The van der Waals surface area contributed by atoms with E-state index in [2.05, 4.69) is 46.1 Å². The van der Waals surface area contributed by atoms with Crippen LogP contribution in [0, 0.1) is 0 Å². The van der Waals surface area contributed by atoms with E-state index in [9.17, 15) is 0 Å². The molecule has 0 saturated heterocycles. The van der Waals surface area contributed by atoms with Crippen LogP contribution in [-0.2, 0) is 0 Å². The maximum Gasteiger partial charge on any atom is 0.0411 e. The summed E-state index contributed by atoms with van der Waals surface area (Å²) in [5, 5.41) is 0. The van der Waals surface area contributed by atoms with Crippen LogP contribution in [0.1, 0.15) is 17.9 Å². The molecule has 1 heterocycles. The van der Waals surface area contributed by atoms with Gasteiger partial charge in [0.1, 0.15) is 0 Å². The number of rotatable bonds is 2. The Kier molecular flexibility index (Phi) is 2.79. The fourth-order valence-electron chi connectivity index (χ4n) is 2.22. The highest BCUT2D eigenvalue weighted by Crippen LogP contribution is 2.41. The standard InChI is InChI=1S/C11H15BrN2/c1-14-7-8(5-6-13)11-9(12)3-2-4-10(11)14/h2-4,8H,5-7,13H2,1H3. The number of halogens is 1. The summed E-state index contributed by atoms with van der Waals surface area (Å²) in [4.78, 5) is 2.31. The molecule has 0 aliphatic carbocycles. The second kappa shape index (κ2) is 3.91. The second-order valence-corrected chi connectivity index (χ2v) is 4.68. The Bertz CT molecular complexity index is 338. The summed E-state index contributed by atoms with van der Waals surface area (Å²) < 4.78 is 1.22. The monoisotopic (exact) mass is 254 g/mol. The molecule has 1 aliphatic heterocycles. The first-order chi connectivity index (χ1) is 6.74. The van der Waals surface area contributed by atoms with Gasteiger partial charge in [-0.3, -0.25) is 0 Å². The van der Waals surface area contributed by atoms with Gasteiger partial charge in [0.15, 0.2) is 0 Å². The van der Waals surface area contributed by atoms with Crippen molar-refractivity contribution in [2.75, 3.05) is 25.0 Å². The highest BCUT2D eigenvalue weighted by Gasteiger charge is 2.27. The molecule has 0 aromatic heterocycles. The molecule has 1 aromatic rings. The van der Waals surface area contributed by atoms with E-state index in [1.54, 1.807) is 0 Å².